The van der Waals surface area contributed by atoms with Gasteiger partial charge in [0.05, 0.1) is 22.2 Å². The van der Waals surface area contributed by atoms with Gasteiger partial charge in [0.25, 0.3) is 0 Å². The second-order valence-corrected chi connectivity index (χ2v) is 11.7. The molecule has 214 valence electrons. The summed E-state index contributed by atoms with van der Waals surface area (Å²) < 4.78 is 40.8. The number of nitrogens with one attached hydrogen (secondary N) is 1. The number of pyridine rings is 2. The van der Waals surface area contributed by atoms with Crippen LogP contribution in [-0.4, -0.2) is 45.4 Å². The zero-order chi connectivity index (χ0) is 29.6. The van der Waals surface area contributed by atoms with Gasteiger partial charge in [-0.25, -0.2) is 4.79 Å². The summed E-state index contributed by atoms with van der Waals surface area (Å²) in [7, 11) is 0. The number of nitrogens with two attached hydrogens (primary N) is 1. The molecule has 0 bridgehead atoms. The van der Waals surface area contributed by atoms with Gasteiger partial charge in [-0.05, 0) is 80.2 Å². The summed E-state index contributed by atoms with van der Waals surface area (Å²) in [6.07, 6.45) is 1.25. The van der Waals surface area contributed by atoms with Crippen LogP contribution < -0.4 is 11.1 Å². The molecule has 2 aromatic heterocycles. The van der Waals surface area contributed by atoms with E-state index in [4.69, 9.17) is 5.73 Å². The molecule has 1 aromatic carbocycles. The van der Waals surface area contributed by atoms with Crippen molar-refractivity contribution in [3.8, 4) is 0 Å². The number of alkyl halides is 3. The maximum atomic E-state index is 13.6. The Labute approximate surface area is 236 Å². The lowest BCUT2D eigenvalue weighted by molar-refractivity contribution is -0.137. The van der Waals surface area contributed by atoms with Gasteiger partial charge in [-0.1, -0.05) is 24.3 Å². The van der Waals surface area contributed by atoms with E-state index in [1.165, 1.54) is 6.07 Å². The van der Waals surface area contributed by atoms with Gasteiger partial charge >= 0.3 is 12.2 Å². The molecule has 0 fully saturated rings. The molecule has 3 aromatic rings. The number of allylic oxidation sites excluding steroid dienone is 2. The third-order valence-corrected chi connectivity index (χ3v) is 7.71. The Morgan fingerprint density at radius 3 is 2.56 bits per heavy atom. The smallest absolute Gasteiger partial charge is 0.369 e. The first-order valence-corrected chi connectivity index (χ1v) is 13.4. The fourth-order valence-corrected chi connectivity index (χ4v) is 5.74. The Bertz CT molecular complexity index is 1580. The van der Waals surface area contributed by atoms with Gasteiger partial charge in [0.15, 0.2) is 0 Å². The van der Waals surface area contributed by atoms with Gasteiger partial charge in [-0.3, -0.25) is 14.8 Å². The van der Waals surface area contributed by atoms with E-state index in [-0.39, 0.29) is 25.4 Å². The number of nitrogens with zero attached hydrogens (tertiary/aromatic N) is 3. The van der Waals surface area contributed by atoms with E-state index in [9.17, 15) is 22.8 Å². The minimum Gasteiger partial charge on any atom is -0.369 e. The van der Waals surface area contributed by atoms with Crippen LogP contribution in [0.4, 0.5) is 18.0 Å². The lowest BCUT2D eigenvalue weighted by Crippen LogP contribution is -2.53. The van der Waals surface area contributed by atoms with Crippen LogP contribution in [0.3, 0.4) is 0 Å². The lowest BCUT2D eigenvalue weighted by atomic mass is 9.64. The minimum absolute atomic E-state index is 0.106. The first kappa shape index (κ1) is 28.3. The number of rotatable bonds is 4. The predicted octanol–water partition coefficient (Wildman–Crippen LogP) is 5.66. The van der Waals surface area contributed by atoms with E-state index in [1.54, 1.807) is 23.4 Å². The first-order valence-electron chi connectivity index (χ1n) is 13.4. The highest BCUT2D eigenvalue weighted by Gasteiger charge is 2.47. The molecule has 3 amide bonds. The molecule has 1 atom stereocenters. The topological polar surface area (TPSA) is 101 Å². The van der Waals surface area contributed by atoms with Crippen molar-refractivity contribution in [1.82, 2.24) is 20.2 Å². The van der Waals surface area contributed by atoms with Crippen LogP contribution in [0.2, 0.25) is 0 Å². The standard InChI is InChI=1S/C31H32F3N5O2/c1-29(2,3)38-28(41)39-15-11-23-22(20-6-4-8-21(16-20)31(32,33)34)9-12-30(27(35)40,24(23)18-39)17-25-26-19(10-14-36-25)7-5-13-37-26/h4-10,13-14,16H,11-12,15,17-18H2,1-3H3,(H2,35,40)(H,38,41). The molecule has 3 heterocycles. The molecular formula is C31H32F3N5O2. The van der Waals surface area contributed by atoms with Crippen molar-refractivity contribution in [2.24, 2.45) is 11.1 Å². The van der Waals surface area contributed by atoms with E-state index in [0.717, 1.165) is 23.1 Å². The summed E-state index contributed by atoms with van der Waals surface area (Å²) in [5.74, 6) is -0.586. The maximum absolute atomic E-state index is 13.6. The second kappa shape index (κ2) is 10.3. The van der Waals surface area contributed by atoms with Gasteiger partial charge in [-0.15, -0.1) is 0 Å². The van der Waals surface area contributed by atoms with E-state index in [0.29, 0.717) is 40.9 Å². The van der Waals surface area contributed by atoms with Gasteiger partial charge in [0.1, 0.15) is 0 Å². The van der Waals surface area contributed by atoms with Gasteiger partial charge in [-0.2, -0.15) is 13.2 Å². The normalized spacial score (nSPS) is 19.6. The molecular weight excluding hydrogens is 531 g/mol. The monoisotopic (exact) mass is 563 g/mol. The molecule has 3 N–H and O–H groups in total. The third-order valence-electron chi connectivity index (χ3n) is 7.71. The highest BCUT2D eigenvalue weighted by Crippen LogP contribution is 2.49. The number of carbonyl (C=O) groups is 2. The van der Waals surface area contributed by atoms with Crippen molar-refractivity contribution in [2.75, 3.05) is 13.1 Å². The fourth-order valence-electron chi connectivity index (χ4n) is 5.74. The molecule has 7 nitrogen and oxygen atoms in total. The largest absolute Gasteiger partial charge is 0.416 e. The molecule has 0 spiro atoms. The minimum atomic E-state index is -4.50. The number of carbonyl (C=O) groups excluding carboxylic acids is 2. The van der Waals surface area contributed by atoms with Crippen LogP contribution in [0.1, 0.15) is 50.4 Å². The molecule has 0 saturated heterocycles. The van der Waals surface area contributed by atoms with Crippen LogP contribution in [-0.2, 0) is 17.4 Å². The number of hydrogen-bond donors (Lipinski definition) is 2. The van der Waals surface area contributed by atoms with Gasteiger partial charge in [0, 0.05) is 42.8 Å². The molecule has 41 heavy (non-hydrogen) atoms. The molecule has 0 radical (unpaired) electrons. The van der Waals surface area contributed by atoms with Crippen molar-refractivity contribution < 1.29 is 22.8 Å². The number of amides is 3. The Morgan fingerprint density at radius 2 is 1.85 bits per heavy atom. The van der Waals surface area contributed by atoms with Crippen molar-refractivity contribution >= 4 is 28.4 Å². The summed E-state index contributed by atoms with van der Waals surface area (Å²) in [6, 6.07) is 10.4. The average molecular weight is 564 g/mol. The third kappa shape index (κ3) is 5.55. The zero-order valence-electron chi connectivity index (χ0n) is 23.2. The van der Waals surface area contributed by atoms with Crippen molar-refractivity contribution in [2.45, 2.75) is 51.7 Å². The van der Waals surface area contributed by atoms with Crippen LogP contribution >= 0.6 is 0 Å². The first-order chi connectivity index (χ1) is 19.3. The number of halogens is 3. The fraction of sp³-hybridized carbons (Fsp3) is 0.355. The van der Waals surface area contributed by atoms with Crippen LogP contribution in [0.15, 0.2) is 72.1 Å². The molecule has 1 aliphatic heterocycles. The summed E-state index contributed by atoms with van der Waals surface area (Å²) in [4.78, 5) is 37.3. The predicted molar refractivity (Wildman–Crippen MR) is 150 cm³/mol. The molecule has 1 aliphatic carbocycles. The summed E-state index contributed by atoms with van der Waals surface area (Å²) in [6.45, 7) is 6.07. The number of fused-ring (bicyclic) bond motifs is 1. The van der Waals surface area contributed by atoms with Crippen LogP contribution in [0.25, 0.3) is 16.5 Å². The van der Waals surface area contributed by atoms with Gasteiger partial charge < -0.3 is 16.0 Å². The number of primary amides is 1. The van der Waals surface area contributed by atoms with Crippen molar-refractivity contribution in [1.29, 1.82) is 0 Å². The van der Waals surface area contributed by atoms with Crippen LogP contribution in [0.5, 0.6) is 0 Å². The van der Waals surface area contributed by atoms with Crippen molar-refractivity contribution in [3.63, 3.8) is 0 Å². The SMILES string of the molecule is CC(C)(C)NC(=O)N1CCC2=C(C1)C(Cc1nccc3cccnc13)(C(N)=O)CC=C2c1cccc(C(F)(F)F)c1. The highest BCUT2D eigenvalue weighted by molar-refractivity contribution is 5.93. The summed E-state index contributed by atoms with van der Waals surface area (Å²) >= 11 is 0. The highest BCUT2D eigenvalue weighted by atomic mass is 19.4. The number of benzene rings is 1. The molecule has 1 unspecified atom stereocenters. The zero-order valence-corrected chi connectivity index (χ0v) is 23.2. The Kier molecular flexibility index (Phi) is 7.13. The molecule has 5 rings (SSSR count). The maximum Gasteiger partial charge on any atom is 0.416 e. The Morgan fingerprint density at radius 1 is 1.07 bits per heavy atom. The summed E-state index contributed by atoms with van der Waals surface area (Å²) in [5, 5.41) is 3.83. The van der Waals surface area contributed by atoms with Crippen LogP contribution in [0, 0.1) is 5.41 Å². The lowest BCUT2D eigenvalue weighted by Gasteiger charge is -2.44. The van der Waals surface area contributed by atoms with E-state index < -0.39 is 28.6 Å². The van der Waals surface area contributed by atoms with Crippen molar-refractivity contribution in [3.05, 3.63) is 88.9 Å². The Hall–Kier alpha value is -4.21. The van der Waals surface area contributed by atoms with E-state index >= 15 is 0 Å². The van der Waals surface area contributed by atoms with E-state index in [1.807, 2.05) is 45.0 Å². The molecule has 2 aliphatic rings. The van der Waals surface area contributed by atoms with Gasteiger partial charge in [0.2, 0.25) is 5.91 Å². The number of hydrogen-bond acceptors (Lipinski definition) is 4. The van der Waals surface area contributed by atoms with E-state index in [2.05, 4.69) is 15.3 Å². The molecule has 10 heteroatoms. The number of aromatic nitrogens is 2. The number of urea groups is 1. The average Bonchev–Trinajstić information content (AvgIpc) is 2.91. The quantitative estimate of drug-likeness (QED) is 0.428. The molecule has 0 saturated carbocycles. The Balaban J connectivity index is 1.64. The second-order valence-electron chi connectivity index (χ2n) is 11.7. The summed E-state index contributed by atoms with van der Waals surface area (Å²) in [5.41, 5.74) is 7.31.